The van der Waals surface area contributed by atoms with Crippen LogP contribution in [0.2, 0.25) is 0 Å². The van der Waals surface area contributed by atoms with Crippen LogP contribution in [-0.2, 0) is 20.4 Å². The molecule has 12 heavy (non-hydrogen) atoms. The minimum Gasteiger partial charge on any atom is -0.195 e. The maximum Gasteiger partial charge on any atom is 0.279 e. The number of fused-ring (bicyclic) bond motifs is 1. The quantitative estimate of drug-likeness (QED) is 0.335. The molecule has 10 heteroatoms. The normalized spacial score (nSPS) is 42.7. The van der Waals surface area contributed by atoms with E-state index >= 15 is 0 Å². The summed E-state index contributed by atoms with van der Waals surface area (Å²) >= 11 is 0. The molecular formula is C2H6N4O4S2. The van der Waals surface area contributed by atoms with E-state index in [9.17, 15) is 16.8 Å². The molecule has 2 heterocycles. The third-order valence-corrected chi connectivity index (χ3v) is 3.72. The fourth-order valence-corrected chi connectivity index (χ4v) is 3.46. The summed E-state index contributed by atoms with van der Waals surface area (Å²) in [6, 6.07) is 0. The highest BCUT2D eigenvalue weighted by atomic mass is 32.2. The fraction of sp³-hybridized carbons (Fsp3) is 1.00. The predicted molar refractivity (Wildman–Crippen MR) is 38.0 cm³/mol. The average molecular weight is 214 g/mol. The Morgan fingerprint density at radius 2 is 0.917 bits per heavy atom. The van der Waals surface area contributed by atoms with Crippen LogP contribution in [0.4, 0.5) is 0 Å². The third-order valence-electron chi connectivity index (χ3n) is 1.46. The second kappa shape index (κ2) is 2.16. The summed E-state index contributed by atoms with van der Waals surface area (Å²) in [6.45, 7) is 0. The maximum atomic E-state index is 10.8. The topological polar surface area (TPSA) is 116 Å². The Kier molecular flexibility index (Phi) is 1.50. The van der Waals surface area contributed by atoms with Crippen LogP contribution in [0.3, 0.4) is 0 Å². The van der Waals surface area contributed by atoms with Gasteiger partial charge in [0.2, 0.25) is 0 Å². The molecule has 0 aromatic carbocycles. The van der Waals surface area contributed by atoms with Crippen molar-refractivity contribution in [1.82, 2.24) is 18.9 Å². The summed E-state index contributed by atoms with van der Waals surface area (Å²) in [5.74, 6) is 0. The average Bonchev–Trinajstić information content (AvgIpc) is 2.12. The Morgan fingerprint density at radius 3 is 1.17 bits per heavy atom. The van der Waals surface area contributed by atoms with Gasteiger partial charge in [0.05, 0.1) is 0 Å². The molecular weight excluding hydrogens is 208 g/mol. The SMILES string of the molecule is O=S1(=O)NC2NS(=O)(=O)NC2N1. The molecule has 2 aliphatic heterocycles. The van der Waals surface area contributed by atoms with Gasteiger partial charge in [-0.25, -0.2) is 0 Å². The van der Waals surface area contributed by atoms with Gasteiger partial charge in [0.15, 0.2) is 0 Å². The Hall–Kier alpha value is -0.260. The second-order valence-corrected chi connectivity index (χ2v) is 5.39. The second-order valence-electron chi connectivity index (χ2n) is 2.43. The minimum atomic E-state index is -3.55. The monoisotopic (exact) mass is 214 g/mol. The van der Waals surface area contributed by atoms with E-state index in [1.165, 1.54) is 0 Å². The lowest BCUT2D eigenvalue weighted by Gasteiger charge is -1.99. The molecule has 0 unspecified atom stereocenters. The molecule has 0 aromatic heterocycles. The molecule has 2 rings (SSSR count). The van der Waals surface area contributed by atoms with Gasteiger partial charge in [0, 0.05) is 0 Å². The lowest BCUT2D eigenvalue weighted by molar-refractivity contribution is 0.522. The predicted octanol–water partition coefficient (Wildman–Crippen LogP) is -3.49. The standard InChI is InChI=1S/C2H6N4O4S2/c7-11(8)3-1-2(5-11)6-12(9,10)4-1/h1-6H. The molecule has 0 radical (unpaired) electrons. The van der Waals surface area contributed by atoms with Gasteiger partial charge in [-0.15, -0.1) is 0 Å². The molecule has 0 atom stereocenters. The van der Waals surface area contributed by atoms with Crippen molar-refractivity contribution in [1.29, 1.82) is 0 Å². The molecule has 0 aliphatic carbocycles. The molecule has 0 amide bonds. The highest BCUT2D eigenvalue weighted by Gasteiger charge is 2.45. The van der Waals surface area contributed by atoms with Crippen LogP contribution in [0.15, 0.2) is 0 Å². The van der Waals surface area contributed by atoms with E-state index < -0.39 is 32.8 Å². The van der Waals surface area contributed by atoms with E-state index in [0.717, 1.165) is 0 Å². The Bertz CT molecular complexity index is 333. The summed E-state index contributed by atoms with van der Waals surface area (Å²) in [5.41, 5.74) is 0. The van der Waals surface area contributed by atoms with Crippen molar-refractivity contribution in [2.45, 2.75) is 12.3 Å². The van der Waals surface area contributed by atoms with E-state index in [1.807, 2.05) is 0 Å². The zero-order valence-corrected chi connectivity index (χ0v) is 7.24. The number of hydrogen-bond donors (Lipinski definition) is 4. The van der Waals surface area contributed by atoms with Gasteiger partial charge in [0.25, 0.3) is 20.4 Å². The highest BCUT2D eigenvalue weighted by molar-refractivity contribution is 7.89. The van der Waals surface area contributed by atoms with Gasteiger partial charge < -0.3 is 0 Å². The van der Waals surface area contributed by atoms with Crippen LogP contribution in [0.5, 0.6) is 0 Å². The first-order valence-electron chi connectivity index (χ1n) is 2.97. The third kappa shape index (κ3) is 1.32. The van der Waals surface area contributed by atoms with Gasteiger partial charge in [0.1, 0.15) is 12.3 Å². The van der Waals surface area contributed by atoms with Gasteiger partial charge in [-0.3, -0.25) is 0 Å². The smallest absolute Gasteiger partial charge is 0.195 e. The summed E-state index contributed by atoms with van der Waals surface area (Å²) in [7, 11) is -7.09. The van der Waals surface area contributed by atoms with Crippen molar-refractivity contribution < 1.29 is 16.8 Å². The zero-order valence-electron chi connectivity index (χ0n) is 5.60. The summed E-state index contributed by atoms with van der Waals surface area (Å²) in [5, 5.41) is 0. The van der Waals surface area contributed by atoms with E-state index in [1.54, 1.807) is 0 Å². The molecule has 2 aliphatic rings. The van der Waals surface area contributed by atoms with Crippen molar-refractivity contribution in [2.75, 3.05) is 0 Å². The lowest BCUT2D eigenvalue weighted by Crippen LogP contribution is -2.39. The lowest BCUT2D eigenvalue weighted by atomic mass is 10.4. The zero-order chi connectivity index (χ0) is 8.98. The minimum absolute atomic E-state index is 0.833. The first-order valence-corrected chi connectivity index (χ1v) is 5.94. The molecule has 0 aromatic rings. The Labute approximate surface area is 69.1 Å². The first kappa shape index (κ1) is 8.34. The number of hydrogen-bond acceptors (Lipinski definition) is 4. The molecule has 4 N–H and O–H groups in total. The molecule has 0 bridgehead atoms. The van der Waals surface area contributed by atoms with Gasteiger partial charge >= 0.3 is 0 Å². The number of rotatable bonds is 0. The summed E-state index contributed by atoms with van der Waals surface area (Å²) < 4.78 is 51.3. The van der Waals surface area contributed by atoms with Crippen LogP contribution < -0.4 is 18.9 Å². The molecule has 0 spiro atoms. The van der Waals surface area contributed by atoms with E-state index in [0.29, 0.717) is 0 Å². The highest BCUT2D eigenvalue weighted by Crippen LogP contribution is 2.08. The molecule has 0 saturated carbocycles. The van der Waals surface area contributed by atoms with E-state index in [2.05, 4.69) is 18.9 Å². The van der Waals surface area contributed by atoms with Crippen LogP contribution in [-0.4, -0.2) is 29.2 Å². The Morgan fingerprint density at radius 1 is 0.667 bits per heavy atom. The van der Waals surface area contributed by atoms with Crippen LogP contribution in [0.1, 0.15) is 0 Å². The van der Waals surface area contributed by atoms with Crippen molar-refractivity contribution in [3.8, 4) is 0 Å². The van der Waals surface area contributed by atoms with E-state index in [-0.39, 0.29) is 0 Å². The molecule has 70 valence electrons. The molecule has 2 fully saturated rings. The van der Waals surface area contributed by atoms with Crippen molar-refractivity contribution in [3.63, 3.8) is 0 Å². The number of nitrogens with one attached hydrogen (secondary N) is 4. The summed E-state index contributed by atoms with van der Waals surface area (Å²) in [6.07, 6.45) is -1.67. The van der Waals surface area contributed by atoms with Gasteiger partial charge in [-0.2, -0.15) is 35.7 Å². The summed E-state index contributed by atoms with van der Waals surface area (Å²) in [4.78, 5) is 0. The Balaban J connectivity index is 2.28. The van der Waals surface area contributed by atoms with Gasteiger partial charge in [-0.1, -0.05) is 0 Å². The van der Waals surface area contributed by atoms with Gasteiger partial charge in [-0.05, 0) is 0 Å². The first-order chi connectivity index (χ1) is 5.38. The van der Waals surface area contributed by atoms with Crippen molar-refractivity contribution in [3.05, 3.63) is 0 Å². The maximum absolute atomic E-state index is 10.8. The fourth-order valence-electron chi connectivity index (χ4n) is 1.06. The van der Waals surface area contributed by atoms with Crippen LogP contribution in [0, 0.1) is 0 Å². The largest absolute Gasteiger partial charge is 0.279 e. The van der Waals surface area contributed by atoms with Crippen LogP contribution >= 0.6 is 0 Å². The van der Waals surface area contributed by atoms with E-state index in [4.69, 9.17) is 0 Å². The van der Waals surface area contributed by atoms with Crippen LogP contribution in [0.25, 0.3) is 0 Å². The van der Waals surface area contributed by atoms with Crippen molar-refractivity contribution in [2.24, 2.45) is 0 Å². The molecule has 2 saturated heterocycles. The van der Waals surface area contributed by atoms with Crippen molar-refractivity contribution >= 4 is 20.4 Å². The molecule has 8 nitrogen and oxygen atoms in total.